The van der Waals surface area contributed by atoms with E-state index in [0.29, 0.717) is 16.7 Å². The fraction of sp³-hybridized carbons (Fsp3) is 0.300. The number of amides is 1. The molecule has 0 aliphatic carbocycles. The van der Waals surface area contributed by atoms with Crippen LogP contribution in [0.1, 0.15) is 22.7 Å². The molecule has 4 N–H and O–H groups in total. The van der Waals surface area contributed by atoms with E-state index in [1.165, 1.54) is 45.6 Å². The van der Waals surface area contributed by atoms with E-state index in [4.69, 9.17) is 15.3 Å². The van der Waals surface area contributed by atoms with Gasteiger partial charge in [-0.1, -0.05) is 18.2 Å². The molecule has 0 aliphatic rings. The molecule has 0 saturated carbocycles. The molecule has 0 radical (unpaired) electrons. The summed E-state index contributed by atoms with van der Waals surface area (Å²) in [6.45, 7) is 5.28. The van der Waals surface area contributed by atoms with Crippen LogP contribution in [0.5, 0.6) is 0 Å². The third kappa shape index (κ3) is 6.02. The lowest BCUT2D eigenvalue weighted by Crippen LogP contribution is -2.32. The van der Waals surface area contributed by atoms with Crippen LogP contribution in [0.3, 0.4) is 0 Å². The number of hydrogen-bond donors (Lipinski definition) is 3. The number of sulfone groups is 1. The van der Waals surface area contributed by atoms with Gasteiger partial charge in [-0.25, -0.2) is 18.0 Å². The molecule has 10 heteroatoms. The molecular formula is C20H27N3O6S. The zero-order valence-electron chi connectivity index (χ0n) is 17.3. The molecule has 1 amide bonds. The van der Waals surface area contributed by atoms with Gasteiger partial charge in [0.2, 0.25) is 0 Å². The van der Waals surface area contributed by atoms with Gasteiger partial charge in [0.15, 0.2) is 9.84 Å². The summed E-state index contributed by atoms with van der Waals surface area (Å²) in [7, 11) is 0.843. The second-order valence-corrected chi connectivity index (χ2v) is 8.59. The smallest absolute Gasteiger partial charge is 0.406 e. The van der Waals surface area contributed by atoms with Crippen molar-refractivity contribution in [3.8, 4) is 0 Å². The van der Waals surface area contributed by atoms with Gasteiger partial charge in [-0.05, 0) is 43.3 Å². The summed E-state index contributed by atoms with van der Waals surface area (Å²) in [6.07, 6.45) is 1.71. The van der Waals surface area contributed by atoms with E-state index in [2.05, 4.69) is 11.9 Å². The van der Waals surface area contributed by atoms with Crippen LogP contribution in [-0.4, -0.2) is 51.0 Å². The van der Waals surface area contributed by atoms with Crippen molar-refractivity contribution in [3.05, 3.63) is 76.4 Å². The predicted octanol–water partition coefficient (Wildman–Crippen LogP) is 1.73. The highest BCUT2D eigenvalue weighted by Crippen LogP contribution is 2.24. The van der Waals surface area contributed by atoms with E-state index in [1.54, 1.807) is 25.1 Å². The Morgan fingerprint density at radius 3 is 2.40 bits per heavy atom. The van der Waals surface area contributed by atoms with Crippen LogP contribution in [0.25, 0.3) is 0 Å². The Labute approximate surface area is 175 Å². The van der Waals surface area contributed by atoms with Gasteiger partial charge in [-0.15, -0.1) is 6.58 Å². The third-order valence-corrected chi connectivity index (χ3v) is 6.22. The molecule has 0 aliphatic heterocycles. The first-order chi connectivity index (χ1) is 14.0. The summed E-state index contributed by atoms with van der Waals surface area (Å²) in [4.78, 5) is 22.8. The van der Waals surface area contributed by atoms with E-state index in [1.807, 2.05) is 0 Å². The molecule has 1 aromatic heterocycles. The molecule has 2 atom stereocenters. The number of benzene rings is 1. The average molecular weight is 438 g/mol. The largest absolute Gasteiger partial charge is 0.465 e. The van der Waals surface area contributed by atoms with Crippen LogP contribution in [0.15, 0.2) is 63.4 Å². The lowest BCUT2D eigenvalue weighted by Gasteiger charge is -2.16. The van der Waals surface area contributed by atoms with Crippen LogP contribution in [0, 0.1) is 6.92 Å². The third-order valence-electron chi connectivity index (χ3n) is 4.21. The zero-order chi connectivity index (χ0) is 23.1. The topological polar surface area (TPSA) is 143 Å². The number of likely N-dealkylation sites (N-methyl/N-ethyl adjacent to an activating group) is 1. The number of carboxylic acid groups (broad SMARTS) is 1. The van der Waals surface area contributed by atoms with Gasteiger partial charge in [-0.2, -0.15) is 0 Å². The molecule has 30 heavy (non-hydrogen) atoms. The van der Waals surface area contributed by atoms with Gasteiger partial charge in [0.05, 0.1) is 22.8 Å². The monoisotopic (exact) mass is 437 g/mol. The minimum absolute atomic E-state index is 0.104. The van der Waals surface area contributed by atoms with Crippen molar-refractivity contribution >= 4 is 15.9 Å². The van der Waals surface area contributed by atoms with Crippen molar-refractivity contribution in [1.82, 2.24) is 10.2 Å². The van der Waals surface area contributed by atoms with Crippen molar-refractivity contribution in [2.45, 2.75) is 23.2 Å². The van der Waals surface area contributed by atoms with Crippen molar-refractivity contribution in [1.29, 1.82) is 0 Å². The second kappa shape index (κ2) is 10.7. The molecule has 0 spiro atoms. The molecule has 0 bridgehead atoms. The molecule has 1 heterocycles. The molecule has 2 unspecified atom stereocenters. The molecular weight excluding hydrogens is 410 g/mol. The maximum absolute atomic E-state index is 12.6. The van der Waals surface area contributed by atoms with Crippen molar-refractivity contribution < 1.29 is 22.7 Å². The van der Waals surface area contributed by atoms with Gasteiger partial charge in [0.1, 0.15) is 5.37 Å². The maximum atomic E-state index is 12.6. The normalized spacial score (nSPS) is 12.8. The number of hydrogen-bond acceptors (Lipinski definition) is 7. The number of nitrogens with zero attached hydrogens (tertiary/aromatic N) is 1. The molecule has 164 valence electrons. The average Bonchev–Trinajstić information content (AvgIpc) is 2.69. The van der Waals surface area contributed by atoms with Gasteiger partial charge in [0.25, 0.3) is 0 Å². The van der Waals surface area contributed by atoms with Crippen LogP contribution < -0.4 is 16.7 Å². The van der Waals surface area contributed by atoms with E-state index < -0.39 is 33.0 Å². The summed E-state index contributed by atoms with van der Waals surface area (Å²) in [5.41, 5.74) is 7.15. The lowest BCUT2D eigenvalue weighted by molar-refractivity contribution is 0.165. The quantitative estimate of drug-likeness (QED) is 0.580. The summed E-state index contributed by atoms with van der Waals surface area (Å²) >= 11 is 0. The minimum atomic E-state index is -3.65. The van der Waals surface area contributed by atoms with Crippen molar-refractivity contribution in [3.63, 3.8) is 0 Å². The Bertz CT molecular complexity index is 1050. The minimum Gasteiger partial charge on any atom is -0.465 e. The molecule has 2 rings (SSSR count). The Balaban J connectivity index is 0.000000656. The Hall–Kier alpha value is -2.95. The van der Waals surface area contributed by atoms with Crippen molar-refractivity contribution in [2.24, 2.45) is 5.73 Å². The lowest BCUT2D eigenvalue weighted by atomic mass is 9.98. The fourth-order valence-electron chi connectivity index (χ4n) is 2.48. The van der Waals surface area contributed by atoms with Crippen LogP contribution in [0.2, 0.25) is 0 Å². The SMILES string of the molecule is C=CC(NC)S(=O)(=O)c1cccc(C(N)c2c(C)ccoc2=O)c1.CN(C)C(=O)O. The second-order valence-electron chi connectivity index (χ2n) is 6.52. The van der Waals surface area contributed by atoms with Crippen LogP contribution in [-0.2, 0) is 9.84 Å². The number of nitrogens with one attached hydrogen (secondary N) is 1. The van der Waals surface area contributed by atoms with E-state index >= 15 is 0 Å². The van der Waals surface area contributed by atoms with Crippen LogP contribution >= 0.6 is 0 Å². The molecule has 1 aromatic carbocycles. The number of carbonyl (C=O) groups is 1. The first-order valence-electron chi connectivity index (χ1n) is 8.85. The predicted molar refractivity (Wildman–Crippen MR) is 114 cm³/mol. The first-order valence-corrected chi connectivity index (χ1v) is 10.4. The number of nitrogens with two attached hydrogens (primary N) is 1. The summed E-state index contributed by atoms with van der Waals surface area (Å²) in [5, 5.41) is 9.69. The highest BCUT2D eigenvalue weighted by Gasteiger charge is 2.25. The first kappa shape index (κ1) is 25.1. The summed E-state index contributed by atoms with van der Waals surface area (Å²) < 4.78 is 30.0. The Morgan fingerprint density at radius 2 is 1.93 bits per heavy atom. The maximum Gasteiger partial charge on any atom is 0.406 e. The number of aryl methyl sites for hydroxylation is 1. The molecule has 2 aromatic rings. The van der Waals surface area contributed by atoms with Gasteiger partial charge in [0, 0.05) is 14.1 Å². The zero-order valence-corrected chi connectivity index (χ0v) is 18.1. The van der Waals surface area contributed by atoms with E-state index in [0.717, 1.165) is 4.90 Å². The van der Waals surface area contributed by atoms with Gasteiger partial charge < -0.3 is 25.5 Å². The highest BCUT2D eigenvalue weighted by molar-refractivity contribution is 7.92. The van der Waals surface area contributed by atoms with Gasteiger partial charge in [-0.3, -0.25) is 0 Å². The molecule has 0 saturated heterocycles. The van der Waals surface area contributed by atoms with E-state index in [9.17, 15) is 18.0 Å². The number of rotatable bonds is 6. The standard InChI is InChI=1S/C17H20N2O4S.C3H7NO2/c1-4-14(19-3)24(21,22)13-7-5-6-12(10-13)16(18)15-11(2)8-9-23-17(15)20;1-4(2)3(5)6/h4-10,14,16,19H,1,18H2,2-3H3;1-2H3,(H,5,6). The Morgan fingerprint density at radius 1 is 1.33 bits per heavy atom. The summed E-state index contributed by atoms with van der Waals surface area (Å²) in [5.74, 6) is 0. The van der Waals surface area contributed by atoms with Crippen molar-refractivity contribution in [2.75, 3.05) is 21.1 Å². The molecule has 9 nitrogen and oxygen atoms in total. The highest BCUT2D eigenvalue weighted by atomic mass is 32.2. The van der Waals surface area contributed by atoms with Gasteiger partial charge >= 0.3 is 11.7 Å². The summed E-state index contributed by atoms with van der Waals surface area (Å²) in [6, 6.07) is 7.09. The Kier molecular flexibility index (Phi) is 8.96. The molecule has 0 fully saturated rings. The van der Waals surface area contributed by atoms with E-state index in [-0.39, 0.29) is 4.90 Å². The van der Waals surface area contributed by atoms with Crippen LogP contribution in [0.4, 0.5) is 4.79 Å². The fourth-order valence-corrected chi connectivity index (χ4v) is 3.91.